The molecule has 1 aliphatic heterocycles. The molecule has 1 saturated carbocycles. The molecule has 1 saturated heterocycles. The predicted molar refractivity (Wildman–Crippen MR) is 133 cm³/mol. The number of hydrogen-bond donors (Lipinski definition) is 0. The fraction of sp³-hybridized carbons (Fsp3) is 0.536. The molecule has 4 nitrogen and oxygen atoms in total. The molecule has 0 spiro atoms. The average Bonchev–Trinajstić information content (AvgIpc) is 3.48. The van der Waals surface area contributed by atoms with Crippen molar-refractivity contribution in [1.82, 2.24) is 19.4 Å². The Labute approximate surface area is 197 Å². The molecule has 0 amide bonds. The molecule has 0 bridgehead atoms. The van der Waals surface area contributed by atoms with Crippen LogP contribution in [0.5, 0.6) is 0 Å². The van der Waals surface area contributed by atoms with E-state index in [-0.39, 0.29) is 5.82 Å². The smallest absolute Gasteiger partial charge is 0.123 e. The minimum Gasteiger partial charge on any atom is -0.314 e. The number of fused-ring (bicyclic) bond motifs is 1. The Balaban J connectivity index is 1.48. The third-order valence-electron chi connectivity index (χ3n) is 8.03. The minimum atomic E-state index is -0.180. The molecule has 2 aliphatic rings. The summed E-state index contributed by atoms with van der Waals surface area (Å²) in [6, 6.07) is 8.53. The second-order valence-electron chi connectivity index (χ2n) is 10.4. The zero-order valence-electron chi connectivity index (χ0n) is 20.3. The molecule has 0 radical (unpaired) electrons. The van der Waals surface area contributed by atoms with Gasteiger partial charge in [-0.3, -0.25) is 9.88 Å². The van der Waals surface area contributed by atoms with Gasteiger partial charge in [-0.1, -0.05) is 0 Å². The second kappa shape index (κ2) is 9.55. The van der Waals surface area contributed by atoms with Crippen molar-refractivity contribution in [1.29, 1.82) is 0 Å². The van der Waals surface area contributed by atoms with Crippen LogP contribution in [-0.2, 0) is 6.54 Å². The number of pyridine rings is 1. The number of aromatic nitrogens is 2. The van der Waals surface area contributed by atoms with Crippen LogP contribution < -0.4 is 0 Å². The number of likely N-dealkylation sites (tertiary alicyclic amines) is 1. The molecular weight excluding hydrogens is 411 g/mol. The molecular formula is C28H37FN4. The Morgan fingerprint density at radius 1 is 1.09 bits per heavy atom. The van der Waals surface area contributed by atoms with Crippen LogP contribution >= 0.6 is 0 Å². The first-order chi connectivity index (χ1) is 16.0. The summed E-state index contributed by atoms with van der Waals surface area (Å²) in [7, 11) is 2.10. The summed E-state index contributed by atoms with van der Waals surface area (Å²) in [5.74, 6) is 0.401. The number of rotatable bonds is 6. The summed E-state index contributed by atoms with van der Waals surface area (Å²) >= 11 is 0. The van der Waals surface area contributed by atoms with Crippen LogP contribution in [0.2, 0.25) is 0 Å². The van der Waals surface area contributed by atoms with E-state index in [0.717, 1.165) is 22.8 Å². The second-order valence-corrected chi connectivity index (χ2v) is 10.4. The summed E-state index contributed by atoms with van der Waals surface area (Å²) < 4.78 is 16.5. The van der Waals surface area contributed by atoms with Gasteiger partial charge < -0.3 is 9.47 Å². The molecule has 5 rings (SSSR count). The highest BCUT2D eigenvalue weighted by molar-refractivity contribution is 5.85. The van der Waals surface area contributed by atoms with Crippen LogP contribution in [0.15, 0.2) is 42.9 Å². The van der Waals surface area contributed by atoms with E-state index in [1.165, 1.54) is 62.6 Å². The van der Waals surface area contributed by atoms with E-state index in [0.29, 0.717) is 18.5 Å². The highest BCUT2D eigenvalue weighted by Crippen LogP contribution is 2.40. The molecule has 1 aliphatic carbocycles. The van der Waals surface area contributed by atoms with E-state index in [9.17, 15) is 4.39 Å². The molecule has 3 heterocycles. The van der Waals surface area contributed by atoms with Gasteiger partial charge in [0.1, 0.15) is 5.82 Å². The van der Waals surface area contributed by atoms with E-state index < -0.39 is 0 Å². The van der Waals surface area contributed by atoms with Gasteiger partial charge in [-0.05, 0) is 114 Å². The predicted octanol–water partition coefficient (Wildman–Crippen LogP) is 6.13. The standard InChI is InChI=1S/C28H37FN4/c1-20(2)31(3)18-22-16-23(29)8-11-27(22)33-19-26(25-12-13-30-17-28(25)33)21-6-9-24(10-7-21)32-14-4-5-15-32/h8,11-13,16-17,19-21,24H,4-7,9-10,14-15,18H2,1-3H3. The van der Waals surface area contributed by atoms with Crippen LogP contribution in [0.4, 0.5) is 4.39 Å². The quantitative estimate of drug-likeness (QED) is 0.454. The van der Waals surface area contributed by atoms with Gasteiger partial charge >= 0.3 is 0 Å². The lowest BCUT2D eigenvalue weighted by Gasteiger charge is -2.34. The van der Waals surface area contributed by atoms with Gasteiger partial charge in [0.05, 0.1) is 17.4 Å². The summed E-state index contributed by atoms with van der Waals surface area (Å²) in [5.41, 5.74) is 4.61. The Kier molecular flexibility index (Phi) is 6.53. The summed E-state index contributed by atoms with van der Waals surface area (Å²) in [6.45, 7) is 7.63. The van der Waals surface area contributed by atoms with E-state index in [4.69, 9.17) is 0 Å². The maximum atomic E-state index is 14.2. The van der Waals surface area contributed by atoms with Crippen molar-refractivity contribution in [3.63, 3.8) is 0 Å². The maximum absolute atomic E-state index is 14.2. The SMILES string of the molecule is CC(C)N(C)Cc1cc(F)ccc1-n1cc(C2CCC(N3CCCC3)CC2)c2ccncc21. The van der Waals surface area contributed by atoms with Gasteiger partial charge in [0.2, 0.25) is 0 Å². The van der Waals surface area contributed by atoms with Gasteiger partial charge in [0.25, 0.3) is 0 Å². The lowest BCUT2D eigenvalue weighted by atomic mass is 9.81. The van der Waals surface area contributed by atoms with Gasteiger partial charge in [0.15, 0.2) is 0 Å². The van der Waals surface area contributed by atoms with E-state index >= 15 is 0 Å². The number of hydrogen-bond acceptors (Lipinski definition) is 3. The molecule has 2 fully saturated rings. The molecule has 5 heteroatoms. The van der Waals surface area contributed by atoms with Gasteiger partial charge in [0, 0.05) is 36.4 Å². The number of nitrogens with zero attached hydrogens (tertiary/aromatic N) is 4. The van der Waals surface area contributed by atoms with Crippen molar-refractivity contribution >= 4 is 10.9 Å². The van der Waals surface area contributed by atoms with E-state index in [1.807, 2.05) is 18.5 Å². The van der Waals surface area contributed by atoms with E-state index in [2.05, 4.69) is 52.5 Å². The van der Waals surface area contributed by atoms with Crippen LogP contribution in [0, 0.1) is 5.82 Å². The minimum absolute atomic E-state index is 0.180. The highest BCUT2D eigenvalue weighted by Gasteiger charge is 2.29. The van der Waals surface area contributed by atoms with Gasteiger partial charge in [-0.15, -0.1) is 0 Å². The summed E-state index contributed by atoms with van der Waals surface area (Å²) in [4.78, 5) is 9.42. The lowest BCUT2D eigenvalue weighted by Crippen LogP contribution is -2.35. The molecule has 3 aromatic rings. The van der Waals surface area contributed by atoms with Crippen molar-refractivity contribution in [2.75, 3.05) is 20.1 Å². The van der Waals surface area contributed by atoms with Crippen LogP contribution in [0.1, 0.15) is 69.4 Å². The highest BCUT2D eigenvalue weighted by atomic mass is 19.1. The van der Waals surface area contributed by atoms with Gasteiger partial charge in [-0.2, -0.15) is 0 Å². The normalized spacial score (nSPS) is 22.1. The first-order valence-electron chi connectivity index (χ1n) is 12.7. The average molecular weight is 449 g/mol. The molecule has 0 N–H and O–H groups in total. The maximum Gasteiger partial charge on any atom is 0.123 e. The Hall–Kier alpha value is -2.24. The number of benzene rings is 1. The largest absolute Gasteiger partial charge is 0.314 e. The van der Waals surface area contributed by atoms with Crippen molar-refractivity contribution in [3.8, 4) is 5.69 Å². The van der Waals surface area contributed by atoms with E-state index in [1.54, 1.807) is 12.1 Å². The Morgan fingerprint density at radius 2 is 1.85 bits per heavy atom. The molecule has 176 valence electrons. The lowest BCUT2D eigenvalue weighted by molar-refractivity contribution is 0.182. The van der Waals surface area contributed by atoms with Crippen molar-refractivity contribution < 1.29 is 4.39 Å². The fourth-order valence-electron chi connectivity index (χ4n) is 5.85. The molecule has 2 aromatic heterocycles. The zero-order valence-corrected chi connectivity index (χ0v) is 20.3. The first-order valence-corrected chi connectivity index (χ1v) is 12.7. The zero-order chi connectivity index (χ0) is 22.9. The van der Waals surface area contributed by atoms with Crippen molar-refractivity contribution in [2.45, 2.75) is 76.9 Å². The van der Waals surface area contributed by atoms with Crippen LogP contribution in [-0.4, -0.2) is 51.6 Å². The summed E-state index contributed by atoms with van der Waals surface area (Å²) in [5, 5.41) is 1.29. The number of halogens is 1. The molecule has 0 unspecified atom stereocenters. The molecule has 0 atom stereocenters. The monoisotopic (exact) mass is 448 g/mol. The first kappa shape index (κ1) is 22.5. The van der Waals surface area contributed by atoms with Crippen LogP contribution in [0.3, 0.4) is 0 Å². The van der Waals surface area contributed by atoms with Crippen LogP contribution in [0.25, 0.3) is 16.6 Å². The summed E-state index contributed by atoms with van der Waals surface area (Å²) in [6.07, 6.45) is 14.0. The molecule has 1 aromatic carbocycles. The van der Waals surface area contributed by atoms with Gasteiger partial charge in [-0.25, -0.2) is 4.39 Å². The third-order valence-corrected chi connectivity index (χ3v) is 8.03. The molecule has 33 heavy (non-hydrogen) atoms. The third kappa shape index (κ3) is 4.58. The Bertz CT molecular complexity index is 1090. The Morgan fingerprint density at radius 3 is 2.58 bits per heavy atom. The van der Waals surface area contributed by atoms with Crippen molar-refractivity contribution in [3.05, 3.63) is 59.8 Å². The fourth-order valence-corrected chi connectivity index (χ4v) is 5.85. The topological polar surface area (TPSA) is 24.3 Å². The van der Waals surface area contributed by atoms with Crippen molar-refractivity contribution in [2.24, 2.45) is 0 Å².